The minimum atomic E-state index is -0.745. The van der Waals surface area contributed by atoms with Gasteiger partial charge in [0.1, 0.15) is 6.04 Å². The molecule has 1 unspecified atom stereocenters. The average molecular weight is 327 g/mol. The maximum absolute atomic E-state index is 12.3. The van der Waals surface area contributed by atoms with Crippen LogP contribution in [-0.2, 0) is 9.53 Å². The first-order valence-electron chi connectivity index (χ1n) is 6.46. The maximum atomic E-state index is 12.3. The highest BCUT2D eigenvalue weighted by molar-refractivity contribution is 6.30. The average Bonchev–Trinajstić information content (AvgIpc) is 2.49. The lowest BCUT2D eigenvalue weighted by molar-refractivity contribution is -0.128. The molecule has 8 heteroatoms. The van der Waals surface area contributed by atoms with Crippen molar-refractivity contribution in [2.45, 2.75) is 13.0 Å². The second-order valence-corrected chi connectivity index (χ2v) is 5.11. The van der Waals surface area contributed by atoms with Crippen molar-refractivity contribution >= 4 is 35.0 Å². The minimum Gasteiger partial charge on any atom is -0.452 e. The molecule has 0 radical (unpaired) electrons. The van der Waals surface area contributed by atoms with Gasteiger partial charge in [0.15, 0.2) is 0 Å². The van der Waals surface area contributed by atoms with Gasteiger partial charge in [-0.2, -0.15) is 5.10 Å². The summed E-state index contributed by atoms with van der Waals surface area (Å²) in [5.41, 5.74) is 3.24. The predicted octanol–water partition coefficient (Wildman–Crippen LogP) is 1.94. The number of methoxy groups -OCH3 is 1. The van der Waals surface area contributed by atoms with Gasteiger partial charge < -0.3 is 15.0 Å². The van der Waals surface area contributed by atoms with Gasteiger partial charge in [0, 0.05) is 24.8 Å². The first kappa shape index (κ1) is 17.8. The van der Waals surface area contributed by atoms with Crippen molar-refractivity contribution in [3.63, 3.8) is 0 Å². The third kappa shape index (κ3) is 5.25. The smallest absolute Gasteiger partial charge is 0.427 e. The summed E-state index contributed by atoms with van der Waals surface area (Å²) in [6, 6.07) is 6.23. The first-order valence-corrected chi connectivity index (χ1v) is 6.84. The fourth-order valence-corrected chi connectivity index (χ4v) is 1.78. The van der Waals surface area contributed by atoms with Crippen LogP contribution in [0.1, 0.15) is 6.92 Å². The van der Waals surface area contributed by atoms with E-state index in [9.17, 15) is 9.59 Å². The van der Waals surface area contributed by atoms with E-state index in [2.05, 4.69) is 20.6 Å². The fraction of sp³-hybridized carbons (Fsp3) is 0.357. The molecular weight excluding hydrogens is 308 g/mol. The summed E-state index contributed by atoms with van der Waals surface area (Å²) in [7, 11) is 4.50. The number of anilines is 1. The molecule has 0 aliphatic rings. The van der Waals surface area contributed by atoms with Crippen LogP contribution in [-0.4, -0.2) is 49.9 Å². The monoisotopic (exact) mass is 326 g/mol. The molecule has 0 fully saturated rings. The molecule has 1 atom stereocenters. The second kappa shape index (κ2) is 8.23. The topological polar surface area (TPSA) is 83.0 Å². The molecule has 0 bridgehead atoms. The summed E-state index contributed by atoms with van der Waals surface area (Å²) in [6.07, 6.45) is -0.710. The lowest BCUT2D eigenvalue weighted by Gasteiger charge is -2.22. The van der Waals surface area contributed by atoms with E-state index in [4.69, 9.17) is 11.6 Å². The predicted molar refractivity (Wildman–Crippen MR) is 86.2 cm³/mol. The van der Waals surface area contributed by atoms with Crippen molar-refractivity contribution in [2.75, 3.05) is 26.5 Å². The van der Waals surface area contributed by atoms with Crippen LogP contribution in [0.15, 0.2) is 29.4 Å². The Bertz CT molecular complexity index is 575. The molecule has 22 heavy (non-hydrogen) atoms. The maximum Gasteiger partial charge on any atom is 0.427 e. The molecule has 0 saturated carbocycles. The number of carbonyl (C=O) groups excluding carboxylic acids is 2. The molecule has 1 aromatic rings. The summed E-state index contributed by atoms with van der Waals surface area (Å²) in [5.74, 6) is -0.215. The van der Waals surface area contributed by atoms with Crippen LogP contribution in [0.25, 0.3) is 0 Å². The van der Waals surface area contributed by atoms with E-state index in [1.165, 1.54) is 12.0 Å². The highest BCUT2D eigenvalue weighted by Crippen LogP contribution is 2.16. The molecule has 0 saturated heterocycles. The number of hydrogen-bond donors (Lipinski definition) is 2. The van der Waals surface area contributed by atoms with Gasteiger partial charge in [-0.05, 0) is 25.1 Å². The van der Waals surface area contributed by atoms with E-state index in [1.54, 1.807) is 45.3 Å². The number of hydrazone groups is 1. The summed E-state index contributed by atoms with van der Waals surface area (Å²) in [6.45, 7) is 1.62. The van der Waals surface area contributed by atoms with Gasteiger partial charge in [-0.3, -0.25) is 4.79 Å². The van der Waals surface area contributed by atoms with E-state index >= 15 is 0 Å². The summed E-state index contributed by atoms with van der Waals surface area (Å²) in [5, 5.41) is 7.46. The highest BCUT2D eigenvalue weighted by atomic mass is 35.5. The summed E-state index contributed by atoms with van der Waals surface area (Å²) < 4.78 is 4.43. The van der Waals surface area contributed by atoms with Gasteiger partial charge >= 0.3 is 6.09 Å². The first-order chi connectivity index (χ1) is 10.3. The van der Waals surface area contributed by atoms with Crippen LogP contribution >= 0.6 is 11.6 Å². The van der Waals surface area contributed by atoms with Crippen LogP contribution in [0, 0.1) is 0 Å². The van der Waals surface area contributed by atoms with E-state index in [0.29, 0.717) is 16.4 Å². The molecule has 7 nitrogen and oxygen atoms in total. The summed E-state index contributed by atoms with van der Waals surface area (Å²) >= 11 is 5.93. The van der Waals surface area contributed by atoms with E-state index in [1.807, 2.05) is 0 Å². The third-order valence-electron chi connectivity index (χ3n) is 2.75. The molecule has 0 aromatic heterocycles. The number of nitrogens with one attached hydrogen (secondary N) is 2. The Morgan fingerprint density at radius 2 is 2.05 bits per heavy atom. The Morgan fingerprint density at radius 1 is 1.36 bits per heavy atom. The number of nitrogens with zero attached hydrogens (tertiary/aromatic N) is 2. The molecule has 2 N–H and O–H groups in total. The highest BCUT2D eigenvalue weighted by Gasteiger charge is 2.23. The normalized spacial score (nSPS) is 12.3. The zero-order valence-corrected chi connectivity index (χ0v) is 13.6. The van der Waals surface area contributed by atoms with Crippen LogP contribution in [0.2, 0.25) is 5.02 Å². The van der Waals surface area contributed by atoms with Crippen LogP contribution in [0.5, 0.6) is 0 Å². The van der Waals surface area contributed by atoms with Crippen LogP contribution in [0.4, 0.5) is 10.5 Å². The van der Waals surface area contributed by atoms with Crippen LogP contribution in [0.3, 0.4) is 0 Å². The molecule has 0 aliphatic carbocycles. The molecule has 0 spiro atoms. The van der Waals surface area contributed by atoms with E-state index in [0.717, 1.165) is 0 Å². The molecule has 1 aromatic carbocycles. The van der Waals surface area contributed by atoms with E-state index in [-0.39, 0.29) is 5.91 Å². The van der Waals surface area contributed by atoms with Crippen LogP contribution < -0.4 is 10.7 Å². The van der Waals surface area contributed by atoms with Crippen molar-refractivity contribution < 1.29 is 14.3 Å². The molecular formula is C14H19ClN4O3. The molecule has 2 amide bonds. The number of rotatable bonds is 5. The summed E-state index contributed by atoms with van der Waals surface area (Å²) in [4.78, 5) is 24.8. The standard InChI is InChI=1S/C14H19ClN4O3/c1-9(17-18-14(21)22-4)12(13(20)19(2)3)16-11-7-5-6-10(15)8-11/h5-8,12,16H,1-4H3,(H,18,21). The van der Waals surface area contributed by atoms with Gasteiger partial charge in [0.25, 0.3) is 5.91 Å². The quantitative estimate of drug-likeness (QED) is 0.640. The van der Waals surface area contributed by atoms with Crippen molar-refractivity contribution in [3.05, 3.63) is 29.3 Å². The van der Waals surface area contributed by atoms with Gasteiger partial charge in [-0.25, -0.2) is 10.2 Å². The Labute approximate surface area is 134 Å². The zero-order valence-electron chi connectivity index (χ0n) is 12.9. The van der Waals surface area contributed by atoms with E-state index < -0.39 is 12.1 Å². The Balaban J connectivity index is 2.98. The lowest BCUT2D eigenvalue weighted by atomic mass is 10.1. The molecule has 120 valence electrons. The van der Waals surface area contributed by atoms with Crippen molar-refractivity contribution in [1.29, 1.82) is 0 Å². The Morgan fingerprint density at radius 3 is 2.59 bits per heavy atom. The number of likely N-dealkylation sites (N-methyl/N-ethyl adjacent to an activating group) is 1. The minimum absolute atomic E-state index is 0.215. The second-order valence-electron chi connectivity index (χ2n) is 4.68. The van der Waals surface area contributed by atoms with Crippen molar-refractivity contribution in [2.24, 2.45) is 5.10 Å². The number of halogens is 1. The molecule has 0 heterocycles. The lowest BCUT2D eigenvalue weighted by Crippen LogP contribution is -2.44. The fourth-order valence-electron chi connectivity index (χ4n) is 1.59. The van der Waals surface area contributed by atoms with Gasteiger partial charge in [-0.15, -0.1) is 0 Å². The van der Waals surface area contributed by atoms with Gasteiger partial charge in [0.05, 0.1) is 12.8 Å². The zero-order chi connectivity index (χ0) is 16.7. The number of carbonyl (C=O) groups is 2. The SMILES string of the molecule is COC(=O)NN=C(C)C(Nc1cccc(Cl)c1)C(=O)N(C)C. The van der Waals surface area contributed by atoms with Crippen molar-refractivity contribution in [1.82, 2.24) is 10.3 Å². The third-order valence-corrected chi connectivity index (χ3v) is 2.99. The number of amides is 2. The number of benzene rings is 1. The van der Waals surface area contributed by atoms with Crippen molar-refractivity contribution in [3.8, 4) is 0 Å². The number of ether oxygens (including phenoxy) is 1. The van der Waals surface area contributed by atoms with Gasteiger partial charge in [0.2, 0.25) is 0 Å². The molecule has 1 rings (SSSR count). The number of hydrogen-bond acceptors (Lipinski definition) is 5. The molecule has 0 aliphatic heterocycles. The largest absolute Gasteiger partial charge is 0.452 e. The van der Waals surface area contributed by atoms with Gasteiger partial charge in [-0.1, -0.05) is 17.7 Å². The Kier molecular flexibility index (Phi) is 6.65. The Hall–Kier alpha value is -2.28.